The van der Waals surface area contributed by atoms with Gasteiger partial charge in [-0.15, -0.1) is 5.10 Å². The molecule has 2 aliphatic heterocycles. The number of benzene rings is 3. The highest BCUT2D eigenvalue weighted by Gasteiger charge is 2.43. The number of hydrogen-bond acceptors (Lipinski definition) is 5. The largest absolute Gasteiger partial charge is 0.386 e. The molecule has 5 rings (SSSR count). The van der Waals surface area contributed by atoms with Crippen molar-refractivity contribution in [3.8, 4) is 0 Å². The average molecular weight is 455 g/mol. The number of fused-ring (bicyclic) bond motifs is 3. The van der Waals surface area contributed by atoms with Gasteiger partial charge in [0.05, 0.1) is 30.0 Å². The molecule has 1 N–H and O–H groups in total. The van der Waals surface area contributed by atoms with Crippen LogP contribution in [0.4, 0.5) is 11.4 Å². The van der Waals surface area contributed by atoms with E-state index in [1.165, 1.54) is 27.3 Å². The summed E-state index contributed by atoms with van der Waals surface area (Å²) in [4.78, 5) is 17.1. The number of aliphatic hydroxyl groups excluding tert-OH is 1. The van der Waals surface area contributed by atoms with E-state index in [2.05, 4.69) is 91.2 Å². The second kappa shape index (κ2) is 8.95. The number of carbonyl (C=O) groups excluding carboxylic acids is 1. The van der Waals surface area contributed by atoms with Gasteiger partial charge in [-0.2, -0.15) is 0 Å². The molecule has 0 aliphatic carbocycles. The maximum Gasteiger partial charge on any atom is 0.268 e. The quantitative estimate of drug-likeness (QED) is 0.621. The zero-order valence-corrected chi connectivity index (χ0v) is 19.8. The van der Waals surface area contributed by atoms with Crippen molar-refractivity contribution in [2.24, 2.45) is 5.10 Å². The molecule has 3 aromatic carbocycles. The standard InChI is InChI=1S/C28H30N4O2/c1-19-8-12-22(13-9-19)16-24-17-30(27(34)18-33)29-28-31(21(3)23-14-10-20(2)11-15-23)25-6-4-5-7-26(25)32(24)28/h4-15,21,24,33H,16-18H2,1-3H3. The van der Waals surface area contributed by atoms with Gasteiger partial charge in [-0.3, -0.25) is 4.79 Å². The predicted molar refractivity (Wildman–Crippen MR) is 136 cm³/mol. The molecular weight excluding hydrogens is 424 g/mol. The van der Waals surface area contributed by atoms with Gasteiger partial charge in [0.15, 0.2) is 0 Å². The van der Waals surface area contributed by atoms with Crippen molar-refractivity contribution in [3.63, 3.8) is 0 Å². The third-order valence-corrected chi connectivity index (χ3v) is 6.75. The minimum Gasteiger partial charge on any atom is -0.386 e. The van der Waals surface area contributed by atoms with Crippen LogP contribution in [0.5, 0.6) is 0 Å². The molecule has 0 spiro atoms. The molecule has 34 heavy (non-hydrogen) atoms. The molecule has 2 atom stereocenters. The van der Waals surface area contributed by atoms with Gasteiger partial charge >= 0.3 is 0 Å². The van der Waals surface area contributed by atoms with E-state index in [0.29, 0.717) is 6.54 Å². The Hall–Kier alpha value is -3.64. The first-order valence-corrected chi connectivity index (χ1v) is 11.8. The normalized spacial score (nSPS) is 17.8. The number of aliphatic hydroxyl groups is 1. The molecular formula is C28H30N4O2. The predicted octanol–water partition coefficient (Wildman–Crippen LogP) is 4.41. The molecule has 0 aromatic heterocycles. The first-order chi connectivity index (χ1) is 16.5. The molecule has 174 valence electrons. The van der Waals surface area contributed by atoms with E-state index in [4.69, 9.17) is 5.10 Å². The van der Waals surface area contributed by atoms with Crippen LogP contribution < -0.4 is 9.80 Å². The van der Waals surface area contributed by atoms with E-state index >= 15 is 0 Å². The van der Waals surface area contributed by atoms with E-state index in [9.17, 15) is 9.90 Å². The van der Waals surface area contributed by atoms with E-state index in [1.54, 1.807) is 0 Å². The monoisotopic (exact) mass is 454 g/mol. The van der Waals surface area contributed by atoms with Crippen molar-refractivity contribution in [2.45, 2.75) is 39.3 Å². The molecule has 1 amide bonds. The lowest BCUT2D eigenvalue weighted by Gasteiger charge is -2.39. The summed E-state index contributed by atoms with van der Waals surface area (Å²) in [5, 5.41) is 15.8. The summed E-state index contributed by atoms with van der Waals surface area (Å²) in [6.07, 6.45) is 0.760. The third kappa shape index (κ3) is 3.94. The topological polar surface area (TPSA) is 59.4 Å². The van der Waals surface area contributed by atoms with Gasteiger partial charge in [-0.05, 0) is 50.5 Å². The van der Waals surface area contributed by atoms with Crippen molar-refractivity contribution in [1.82, 2.24) is 5.01 Å². The van der Waals surface area contributed by atoms with Gasteiger partial charge in [0.25, 0.3) is 5.91 Å². The zero-order chi connectivity index (χ0) is 23.8. The Labute approximate surface area is 200 Å². The Morgan fingerprint density at radius 1 is 0.971 bits per heavy atom. The second-order valence-electron chi connectivity index (χ2n) is 9.19. The van der Waals surface area contributed by atoms with Crippen LogP contribution >= 0.6 is 0 Å². The molecule has 2 heterocycles. The van der Waals surface area contributed by atoms with E-state index in [0.717, 1.165) is 23.8 Å². The summed E-state index contributed by atoms with van der Waals surface area (Å²) in [6, 6.07) is 25.4. The first-order valence-electron chi connectivity index (χ1n) is 11.8. The molecule has 2 unspecified atom stereocenters. The van der Waals surface area contributed by atoms with Crippen LogP contribution in [-0.4, -0.2) is 41.2 Å². The Morgan fingerprint density at radius 3 is 2.24 bits per heavy atom. The lowest BCUT2D eigenvalue weighted by Crippen LogP contribution is -2.56. The Kier molecular flexibility index (Phi) is 5.84. The third-order valence-electron chi connectivity index (χ3n) is 6.75. The molecule has 0 fully saturated rings. The average Bonchev–Trinajstić information content (AvgIpc) is 3.19. The summed E-state index contributed by atoms with van der Waals surface area (Å²) in [5.41, 5.74) is 6.97. The van der Waals surface area contributed by atoms with Gasteiger partial charge in [0, 0.05) is 0 Å². The zero-order valence-electron chi connectivity index (χ0n) is 19.8. The molecule has 0 bridgehead atoms. The summed E-state index contributed by atoms with van der Waals surface area (Å²) >= 11 is 0. The first kappa shape index (κ1) is 22.2. The fraction of sp³-hybridized carbons (Fsp3) is 0.286. The molecule has 0 saturated heterocycles. The number of hydrogen-bond donors (Lipinski definition) is 1. The molecule has 0 radical (unpaired) electrons. The summed E-state index contributed by atoms with van der Waals surface area (Å²) < 4.78 is 0. The second-order valence-corrected chi connectivity index (χ2v) is 9.19. The van der Waals surface area contributed by atoms with Gasteiger partial charge < -0.3 is 14.9 Å². The maximum absolute atomic E-state index is 12.6. The summed E-state index contributed by atoms with van der Waals surface area (Å²) in [6.45, 7) is 6.18. The van der Waals surface area contributed by atoms with Crippen LogP contribution in [0.3, 0.4) is 0 Å². The summed E-state index contributed by atoms with van der Waals surface area (Å²) in [7, 11) is 0. The van der Waals surface area contributed by atoms with Gasteiger partial charge in [0.1, 0.15) is 6.61 Å². The lowest BCUT2D eigenvalue weighted by molar-refractivity contribution is -0.134. The molecule has 6 nitrogen and oxygen atoms in total. The fourth-order valence-corrected chi connectivity index (χ4v) is 4.86. The van der Waals surface area contributed by atoms with Crippen LogP contribution in [0, 0.1) is 13.8 Å². The number of hydrazone groups is 1. The number of guanidine groups is 1. The number of rotatable bonds is 5. The van der Waals surface area contributed by atoms with E-state index < -0.39 is 6.61 Å². The minimum atomic E-state index is -0.561. The number of anilines is 2. The highest BCUT2D eigenvalue weighted by Crippen LogP contribution is 2.44. The Balaban J connectivity index is 1.59. The van der Waals surface area contributed by atoms with Crippen molar-refractivity contribution < 1.29 is 9.90 Å². The maximum atomic E-state index is 12.6. The van der Waals surface area contributed by atoms with Crippen molar-refractivity contribution in [2.75, 3.05) is 23.0 Å². The van der Waals surface area contributed by atoms with Crippen molar-refractivity contribution in [1.29, 1.82) is 0 Å². The molecule has 6 heteroatoms. The van der Waals surface area contributed by atoms with Crippen LogP contribution in [0.15, 0.2) is 77.9 Å². The number of carbonyl (C=O) groups is 1. The lowest BCUT2D eigenvalue weighted by atomic mass is 10.0. The van der Waals surface area contributed by atoms with Crippen LogP contribution in [0.25, 0.3) is 0 Å². The SMILES string of the molecule is Cc1ccc(CC2CN(C(=O)CO)N=C3N2c2ccccc2N3C(C)c2ccc(C)cc2)cc1. The van der Waals surface area contributed by atoms with E-state index in [1.807, 2.05) is 12.1 Å². The number of para-hydroxylation sites is 2. The fourth-order valence-electron chi connectivity index (χ4n) is 4.86. The van der Waals surface area contributed by atoms with Gasteiger partial charge in [0.2, 0.25) is 5.96 Å². The Morgan fingerprint density at radius 2 is 1.59 bits per heavy atom. The Bertz CT molecular complexity index is 1220. The number of aryl methyl sites for hydroxylation is 2. The van der Waals surface area contributed by atoms with Gasteiger partial charge in [-0.25, -0.2) is 5.01 Å². The van der Waals surface area contributed by atoms with E-state index in [-0.39, 0.29) is 18.0 Å². The van der Waals surface area contributed by atoms with Crippen LogP contribution in [-0.2, 0) is 11.2 Å². The highest BCUT2D eigenvalue weighted by atomic mass is 16.3. The van der Waals surface area contributed by atoms with Gasteiger partial charge in [-0.1, -0.05) is 71.8 Å². The van der Waals surface area contributed by atoms with Crippen LogP contribution in [0.2, 0.25) is 0 Å². The summed E-state index contributed by atoms with van der Waals surface area (Å²) in [5.74, 6) is 0.333. The van der Waals surface area contributed by atoms with Crippen molar-refractivity contribution in [3.05, 3.63) is 95.1 Å². The number of nitrogens with zero attached hydrogens (tertiary/aromatic N) is 4. The molecule has 0 saturated carbocycles. The molecule has 2 aliphatic rings. The highest BCUT2D eigenvalue weighted by molar-refractivity contribution is 6.17. The number of amides is 1. The molecule has 3 aromatic rings. The smallest absolute Gasteiger partial charge is 0.268 e. The minimum absolute atomic E-state index is 0.00898. The van der Waals surface area contributed by atoms with Crippen LogP contribution in [0.1, 0.15) is 35.2 Å². The van der Waals surface area contributed by atoms with Crippen molar-refractivity contribution >= 4 is 23.2 Å².